The molecule has 1 aliphatic heterocycles. The van der Waals surface area contributed by atoms with Crippen LogP contribution >= 0.6 is 0 Å². The summed E-state index contributed by atoms with van der Waals surface area (Å²) in [6.07, 6.45) is 0.394. The summed E-state index contributed by atoms with van der Waals surface area (Å²) in [6, 6.07) is 8.66. The Morgan fingerprint density at radius 1 is 1.33 bits per heavy atom. The number of nitrogens with one attached hydrogen (secondary N) is 2. The molecule has 1 aromatic carbocycles. The predicted octanol–water partition coefficient (Wildman–Crippen LogP) is 1.30. The number of aromatic nitrogens is 1. The van der Waals surface area contributed by atoms with Gasteiger partial charge in [-0.05, 0) is 24.3 Å². The third kappa shape index (κ3) is 4.84. The van der Waals surface area contributed by atoms with Crippen molar-refractivity contribution in [3.05, 3.63) is 36.0 Å². The van der Waals surface area contributed by atoms with Crippen LogP contribution in [-0.4, -0.2) is 48.1 Å². The molecular weight excluding hydrogens is 352 g/mol. The zero-order valence-electron chi connectivity index (χ0n) is 14.9. The Labute approximate surface area is 155 Å². The second-order valence-electron chi connectivity index (χ2n) is 6.03. The van der Waals surface area contributed by atoms with E-state index in [1.54, 1.807) is 13.2 Å². The van der Waals surface area contributed by atoms with Gasteiger partial charge in [-0.3, -0.25) is 14.9 Å². The van der Waals surface area contributed by atoms with Gasteiger partial charge < -0.3 is 19.5 Å². The summed E-state index contributed by atoms with van der Waals surface area (Å²) in [7, 11) is 1.60. The van der Waals surface area contributed by atoms with Crippen LogP contribution in [0.1, 0.15) is 18.5 Å². The van der Waals surface area contributed by atoms with Gasteiger partial charge in [0.15, 0.2) is 5.76 Å². The van der Waals surface area contributed by atoms with E-state index in [2.05, 4.69) is 15.8 Å². The fraction of sp³-hybridized carbons (Fsp3) is 0.333. The van der Waals surface area contributed by atoms with E-state index in [1.807, 2.05) is 24.3 Å². The van der Waals surface area contributed by atoms with E-state index in [0.29, 0.717) is 18.0 Å². The molecule has 1 aliphatic rings. The standard InChI is InChI=1S/C18H20N4O5/c1-26-14-4-2-12(3-5-14)15-10-13(21-27-15)11-19-16(23)6-8-22-9-7-17(24)20-18(22)25/h2-5,10H,6-9,11H2,1H3,(H,19,23)(H,20,24,25). The van der Waals surface area contributed by atoms with Crippen LogP contribution in [0.3, 0.4) is 0 Å². The highest BCUT2D eigenvalue weighted by Gasteiger charge is 2.23. The van der Waals surface area contributed by atoms with Crippen LogP contribution in [0.2, 0.25) is 0 Å². The molecule has 1 fully saturated rings. The van der Waals surface area contributed by atoms with Crippen molar-refractivity contribution in [1.29, 1.82) is 0 Å². The fourth-order valence-electron chi connectivity index (χ4n) is 2.61. The lowest BCUT2D eigenvalue weighted by Gasteiger charge is -2.26. The number of imide groups is 1. The lowest BCUT2D eigenvalue weighted by atomic mass is 10.1. The smallest absolute Gasteiger partial charge is 0.324 e. The summed E-state index contributed by atoms with van der Waals surface area (Å²) in [5.41, 5.74) is 1.45. The number of methoxy groups -OCH3 is 1. The highest BCUT2D eigenvalue weighted by atomic mass is 16.5. The van der Waals surface area contributed by atoms with Gasteiger partial charge in [-0.25, -0.2) is 4.79 Å². The molecule has 4 amide bonds. The van der Waals surface area contributed by atoms with Crippen molar-refractivity contribution in [3.8, 4) is 17.1 Å². The molecule has 1 saturated heterocycles. The lowest BCUT2D eigenvalue weighted by Crippen LogP contribution is -2.50. The molecule has 3 rings (SSSR count). The van der Waals surface area contributed by atoms with Gasteiger partial charge in [-0.15, -0.1) is 0 Å². The summed E-state index contributed by atoms with van der Waals surface area (Å²) in [4.78, 5) is 36.1. The van der Waals surface area contributed by atoms with E-state index in [1.165, 1.54) is 4.90 Å². The molecule has 2 aromatic rings. The van der Waals surface area contributed by atoms with Crippen molar-refractivity contribution in [2.75, 3.05) is 20.2 Å². The Kier molecular flexibility index (Phi) is 5.70. The van der Waals surface area contributed by atoms with E-state index >= 15 is 0 Å². The van der Waals surface area contributed by atoms with Crippen LogP contribution in [-0.2, 0) is 16.1 Å². The summed E-state index contributed by atoms with van der Waals surface area (Å²) < 4.78 is 10.4. The van der Waals surface area contributed by atoms with Gasteiger partial charge in [0.25, 0.3) is 0 Å². The number of hydrogen-bond acceptors (Lipinski definition) is 6. The molecular formula is C18H20N4O5. The van der Waals surface area contributed by atoms with Gasteiger partial charge >= 0.3 is 6.03 Å². The number of carbonyl (C=O) groups excluding carboxylic acids is 3. The molecule has 9 nitrogen and oxygen atoms in total. The summed E-state index contributed by atoms with van der Waals surface area (Å²) >= 11 is 0. The average molecular weight is 372 g/mol. The van der Waals surface area contributed by atoms with Gasteiger partial charge in [0.05, 0.1) is 13.7 Å². The first-order valence-electron chi connectivity index (χ1n) is 8.50. The lowest BCUT2D eigenvalue weighted by molar-refractivity contribution is -0.121. The first-order chi connectivity index (χ1) is 13.0. The number of carbonyl (C=O) groups is 3. The molecule has 0 radical (unpaired) electrons. The molecule has 1 aromatic heterocycles. The van der Waals surface area contributed by atoms with Gasteiger partial charge in [-0.2, -0.15) is 0 Å². The first kappa shape index (κ1) is 18.4. The monoisotopic (exact) mass is 372 g/mol. The van der Waals surface area contributed by atoms with Crippen molar-refractivity contribution in [1.82, 2.24) is 20.7 Å². The minimum atomic E-state index is -0.459. The van der Waals surface area contributed by atoms with Crippen molar-refractivity contribution in [2.24, 2.45) is 0 Å². The molecule has 2 heterocycles. The van der Waals surface area contributed by atoms with Crippen LogP contribution in [0.5, 0.6) is 5.75 Å². The summed E-state index contributed by atoms with van der Waals surface area (Å²) in [6.45, 7) is 0.802. The number of hydrogen-bond donors (Lipinski definition) is 2. The highest BCUT2D eigenvalue weighted by molar-refractivity contribution is 5.96. The second-order valence-corrected chi connectivity index (χ2v) is 6.03. The number of nitrogens with zero attached hydrogens (tertiary/aromatic N) is 2. The van der Waals surface area contributed by atoms with Gasteiger partial charge in [-0.1, -0.05) is 5.16 Å². The van der Waals surface area contributed by atoms with Crippen molar-refractivity contribution >= 4 is 17.8 Å². The normalized spacial score (nSPS) is 14.0. The molecule has 9 heteroatoms. The minimum absolute atomic E-state index is 0.144. The van der Waals surface area contributed by atoms with Gasteiger partial charge in [0.1, 0.15) is 11.4 Å². The number of urea groups is 1. The van der Waals surface area contributed by atoms with Crippen molar-refractivity contribution in [2.45, 2.75) is 19.4 Å². The van der Waals surface area contributed by atoms with E-state index in [9.17, 15) is 14.4 Å². The highest BCUT2D eigenvalue weighted by Crippen LogP contribution is 2.23. The second kappa shape index (κ2) is 8.35. The Bertz CT molecular complexity index is 831. The maximum absolute atomic E-state index is 12.0. The Balaban J connectivity index is 1.46. The third-order valence-electron chi connectivity index (χ3n) is 4.15. The summed E-state index contributed by atoms with van der Waals surface area (Å²) in [5, 5.41) is 8.91. The number of ether oxygens (including phenoxy) is 1. The predicted molar refractivity (Wildman–Crippen MR) is 94.7 cm³/mol. The van der Waals surface area contributed by atoms with E-state index in [4.69, 9.17) is 9.26 Å². The van der Waals surface area contributed by atoms with Crippen molar-refractivity contribution in [3.63, 3.8) is 0 Å². The fourth-order valence-corrected chi connectivity index (χ4v) is 2.61. The van der Waals surface area contributed by atoms with E-state index in [-0.39, 0.29) is 37.7 Å². The quantitative estimate of drug-likeness (QED) is 0.757. The molecule has 142 valence electrons. The first-order valence-corrected chi connectivity index (χ1v) is 8.50. The SMILES string of the molecule is COc1ccc(-c2cc(CNC(=O)CCN3CCC(=O)NC3=O)no2)cc1. The minimum Gasteiger partial charge on any atom is -0.497 e. The molecule has 0 bridgehead atoms. The maximum atomic E-state index is 12.0. The molecule has 0 spiro atoms. The van der Waals surface area contributed by atoms with Crippen LogP contribution in [0.15, 0.2) is 34.9 Å². The average Bonchev–Trinajstić information content (AvgIpc) is 3.15. The molecule has 27 heavy (non-hydrogen) atoms. The Morgan fingerprint density at radius 3 is 2.81 bits per heavy atom. The largest absolute Gasteiger partial charge is 0.497 e. The molecule has 0 atom stereocenters. The Morgan fingerprint density at radius 2 is 2.11 bits per heavy atom. The number of benzene rings is 1. The van der Waals surface area contributed by atoms with E-state index < -0.39 is 6.03 Å². The molecule has 0 aliphatic carbocycles. The van der Waals surface area contributed by atoms with Gasteiger partial charge in [0, 0.05) is 37.6 Å². The number of rotatable bonds is 7. The van der Waals surface area contributed by atoms with E-state index in [0.717, 1.165) is 11.3 Å². The zero-order valence-corrected chi connectivity index (χ0v) is 14.9. The molecule has 0 unspecified atom stereocenters. The van der Waals surface area contributed by atoms with Crippen LogP contribution in [0.25, 0.3) is 11.3 Å². The van der Waals surface area contributed by atoms with Crippen LogP contribution in [0.4, 0.5) is 4.79 Å². The molecule has 2 N–H and O–H groups in total. The third-order valence-corrected chi connectivity index (χ3v) is 4.15. The van der Waals surface area contributed by atoms with Gasteiger partial charge in [0.2, 0.25) is 11.8 Å². The van der Waals surface area contributed by atoms with Crippen LogP contribution < -0.4 is 15.4 Å². The topological polar surface area (TPSA) is 114 Å². The molecule has 0 saturated carbocycles. The summed E-state index contributed by atoms with van der Waals surface area (Å²) in [5.74, 6) is 0.835. The van der Waals surface area contributed by atoms with Crippen LogP contribution in [0, 0.1) is 0 Å². The maximum Gasteiger partial charge on any atom is 0.324 e. The Hall–Kier alpha value is -3.36. The zero-order chi connectivity index (χ0) is 19.2. The number of amides is 4. The van der Waals surface area contributed by atoms with Crippen molar-refractivity contribution < 1.29 is 23.6 Å².